The number of carbonyl (C=O) groups is 1. The smallest absolute Gasteiger partial charge is 0.280 e. The van der Waals surface area contributed by atoms with Crippen molar-refractivity contribution in [2.24, 2.45) is 5.92 Å². The monoisotopic (exact) mass is 341 g/mol. The van der Waals surface area contributed by atoms with Crippen LogP contribution in [0.1, 0.15) is 57.2 Å². The topological polar surface area (TPSA) is 63.5 Å². The largest absolute Gasteiger partial charge is 0.332 e. The number of hydrogen-bond donors (Lipinski definition) is 2. The van der Waals surface area contributed by atoms with Gasteiger partial charge in [0.15, 0.2) is 6.54 Å². The molecule has 0 unspecified atom stereocenters. The zero-order valence-electron chi connectivity index (χ0n) is 15.2. The first-order valence-corrected chi connectivity index (χ1v) is 9.37. The maximum atomic E-state index is 12.5. The van der Waals surface area contributed by atoms with E-state index >= 15 is 0 Å². The van der Waals surface area contributed by atoms with E-state index in [1.54, 1.807) is 6.20 Å². The van der Waals surface area contributed by atoms with Crippen LogP contribution in [-0.2, 0) is 4.79 Å². The predicted octanol–water partition coefficient (Wildman–Crippen LogP) is 2.90. The van der Waals surface area contributed by atoms with Gasteiger partial charge in [0, 0.05) is 17.5 Å². The second-order valence-corrected chi connectivity index (χ2v) is 7.27. The third-order valence-corrected chi connectivity index (χ3v) is 5.07. The highest BCUT2D eigenvalue weighted by Crippen LogP contribution is 2.31. The van der Waals surface area contributed by atoms with Crippen molar-refractivity contribution in [3.8, 4) is 0 Å². The van der Waals surface area contributed by atoms with E-state index in [4.69, 9.17) is 0 Å². The third kappa shape index (κ3) is 4.48. The Labute approximate surface area is 149 Å². The fourth-order valence-corrected chi connectivity index (χ4v) is 3.75. The van der Waals surface area contributed by atoms with Gasteiger partial charge in [-0.05, 0) is 12.8 Å². The zero-order valence-corrected chi connectivity index (χ0v) is 15.2. The number of rotatable bonds is 7. The number of benzene rings is 1. The molecule has 2 aromatic rings. The third-order valence-electron chi connectivity index (χ3n) is 5.07. The lowest BCUT2D eigenvalue weighted by atomic mass is 9.96. The molecule has 0 bridgehead atoms. The summed E-state index contributed by atoms with van der Waals surface area (Å²) < 4.78 is 1.99. The van der Waals surface area contributed by atoms with E-state index in [1.807, 2.05) is 16.8 Å². The Morgan fingerprint density at radius 3 is 2.64 bits per heavy atom. The molecule has 0 saturated heterocycles. The van der Waals surface area contributed by atoms with Gasteiger partial charge in [0.25, 0.3) is 5.91 Å². The van der Waals surface area contributed by atoms with Crippen LogP contribution in [0.25, 0.3) is 0 Å². The molecule has 0 radical (unpaired) electrons. The molecule has 1 heterocycles. The summed E-state index contributed by atoms with van der Waals surface area (Å²) in [5.74, 6) is 1.31. The number of carbonyl (C=O) groups excluding carboxylic acids is 1. The fraction of sp³-hybridized carbons (Fsp3) is 0.500. The molecule has 3 rings (SSSR count). The summed E-state index contributed by atoms with van der Waals surface area (Å²) in [5, 5.41) is 9.59. The normalized spacial score (nSPS) is 16.3. The maximum Gasteiger partial charge on any atom is 0.280 e. The Hall–Kier alpha value is -2.14. The summed E-state index contributed by atoms with van der Waals surface area (Å²) in [6, 6.07) is 13.0. The second kappa shape index (κ2) is 8.30. The first kappa shape index (κ1) is 17.7. The van der Waals surface area contributed by atoms with E-state index < -0.39 is 0 Å². The summed E-state index contributed by atoms with van der Waals surface area (Å²) in [6.45, 7) is 4.80. The van der Waals surface area contributed by atoms with Gasteiger partial charge in [-0.25, -0.2) is 4.68 Å². The lowest BCUT2D eigenvalue weighted by Crippen LogP contribution is -2.88. The van der Waals surface area contributed by atoms with Crippen LogP contribution in [0.3, 0.4) is 0 Å². The molecule has 1 amide bonds. The average Bonchev–Trinajstić information content (AvgIpc) is 3.26. The molecule has 1 aromatic heterocycles. The molecule has 1 saturated carbocycles. The first-order valence-electron chi connectivity index (χ1n) is 9.37. The van der Waals surface area contributed by atoms with Gasteiger partial charge in [0.2, 0.25) is 0 Å². The Morgan fingerprint density at radius 1 is 1.24 bits per heavy atom. The predicted molar refractivity (Wildman–Crippen MR) is 99.2 cm³/mol. The van der Waals surface area contributed by atoms with Gasteiger partial charge in [-0.2, -0.15) is 5.10 Å². The van der Waals surface area contributed by atoms with Crippen molar-refractivity contribution in [2.75, 3.05) is 11.9 Å². The summed E-state index contributed by atoms with van der Waals surface area (Å²) in [6.07, 6.45) is 6.58. The minimum atomic E-state index is 0.0290. The summed E-state index contributed by atoms with van der Waals surface area (Å²) in [4.78, 5) is 12.5. The van der Waals surface area contributed by atoms with Crippen molar-refractivity contribution in [1.29, 1.82) is 0 Å². The Bertz CT molecular complexity index is 674. The van der Waals surface area contributed by atoms with E-state index in [2.05, 4.69) is 53.8 Å². The van der Waals surface area contributed by atoms with Gasteiger partial charge in [-0.15, -0.1) is 0 Å². The standard InChI is InChI=1S/C20H28N4O/c1-15(2)20(16-8-4-3-5-9-16)21-14-19(25)23-18-12-13-22-24(18)17-10-6-7-11-17/h3-5,8-9,12-13,15,17,20-21H,6-7,10-11,14H2,1-2H3,(H,23,25)/p+1/t20-/m1/s1. The molecule has 1 aliphatic rings. The van der Waals surface area contributed by atoms with Gasteiger partial charge in [-0.3, -0.25) is 4.79 Å². The highest BCUT2D eigenvalue weighted by atomic mass is 16.2. The minimum absolute atomic E-state index is 0.0290. The van der Waals surface area contributed by atoms with E-state index in [9.17, 15) is 4.79 Å². The molecule has 0 aliphatic heterocycles. The molecule has 1 aromatic carbocycles. The van der Waals surface area contributed by atoms with Crippen LogP contribution in [0, 0.1) is 5.92 Å². The lowest BCUT2D eigenvalue weighted by Gasteiger charge is -2.20. The summed E-state index contributed by atoms with van der Waals surface area (Å²) in [5.41, 5.74) is 1.27. The molecule has 1 atom stereocenters. The number of nitrogens with two attached hydrogens (primary N) is 1. The average molecular weight is 341 g/mol. The van der Waals surface area contributed by atoms with Crippen LogP contribution in [0.15, 0.2) is 42.6 Å². The maximum absolute atomic E-state index is 12.5. The molecule has 1 aliphatic carbocycles. The van der Waals surface area contributed by atoms with Gasteiger partial charge < -0.3 is 10.6 Å². The van der Waals surface area contributed by atoms with Crippen LogP contribution < -0.4 is 10.6 Å². The van der Waals surface area contributed by atoms with Crippen LogP contribution in [-0.4, -0.2) is 22.2 Å². The zero-order chi connectivity index (χ0) is 17.6. The number of nitrogens with zero attached hydrogens (tertiary/aromatic N) is 2. The minimum Gasteiger partial charge on any atom is -0.332 e. The second-order valence-electron chi connectivity index (χ2n) is 7.27. The molecule has 5 heteroatoms. The molecule has 25 heavy (non-hydrogen) atoms. The van der Waals surface area contributed by atoms with Gasteiger partial charge in [-0.1, -0.05) is 57.0 Å². The van der Waals surface area contributed by atoms with Crippen LogP contribution in [0.2, 0.25) is 0 Å². The van der Waals surface area contributed by atoms with Crippen molar-refractivity contribution >= 4 is 11.7 Å². The van der Waals surface area contributed by atoms with E-state index in [-0.39, 0.29) is 11.9 Å². The van der Waals surface area contributed by atoms with E-state index in [0.717, 1.165) is 18.7 Å². The van der Waals surface area contributed by atoms with Crippen LogP contribution in [0.4, 0.5) is 5.82 Å². The van der Waals surface area contributed by atoms with Gasteiger partial charge in [0.05, 0.1) is 12.2 Å². The molecule has 3 N–H and O–H groups in total. The SMILES string of the molecule is CC(C)[C@@H]([NH2+]CC(=O)Nc1ccnn1C1CCCC1)c1ccccc1. The Balaban J connectivity index is 1.58. The summed E-state index contributed by atoms with van der Waals surface area (Å²) >= 11 is 0. The highest BCUT2D eigenvalue weighted by molar-refractivity contribution is 5.90. The fourth-order valence-electron chi connectivity index (χ4n) is 3.75. The van der Waals surface area contributed by atoms with Gasteiger partial charge in [0.1, 0.15) is 11.9 Å². The molecular formula is C20H29N4O+. The lowest BCUT2D eigenvalue weighted by molar-refractivity contribution is -0.692. The number of aromatic nitrogens is 2. The van der Waals surface area contributed by atoms with Crippen molar-refractivity contribution in [3.63, 3.8) is 0 Å². The number of nitrogens with one attached hydrogen (secondary N) is 1. The van der Waals surface area contributed by atoms with Crippen LogP contribution in [0.5, 0.6) is 0 Å². The first-order chi connectivity index (χ1) is 12.1. The highest BCUT2D eigenvalue weighted by Gasteiger charge is 2.22. The van der Waals surface area contributed by atoms with Gasteiger partial charge >= 0.3 is 0 Å². The molecular weight excluding hydrogens is 312 g/mol. The Morgan fingerprint density at radius 2 is 1.96 bits per heavy atom. The van der Waals surface area contributed by atoms with Crippen molar-refractivity contribution in [1.82, 2.24) is 9.78 Å². The number of quaternary nitrogens is 1. The molecule has 134 valence electrons. The quantitative estimate of drug-likeness (QED) is 0.813. The van der Waals surface area contributed by atoms with E-state index in [0.29, 0.717) is 18.5 Å². The molecule has 1 fully saturated rings. The van der Waals surface area contributed by atoms with Crippen molar-refractivity contribution in [3.05, 3.63) is 48.2 Å². The summed E-state index contributed by atoms with van der Waals surface area (Å²) in [7, 11) is 0. The number of amides is 1. The van der Waals surface area contributed by atoms with Crippen molar-refractivity contribution < 1.29 is 10.1 Å². The number of hydrogen-bond acceptors (Lipinski definition) is 2. The number of anilines is 1. The van der Waals surface area contributed by atoms with Crippen molar-refractivity contribution in [2.45, 2.75) is 51.6 Å². The van der Waals surface area contributed by atoms with Crippen LogP contribution >= 0.6 is 0 Å². The Kier molecular flexibility index (Phi) is 5.87. The van der Waals surface area contributed by atoms with E-state index in [1.165, 1.54) is 18.4 Å². The molecule has 0 spiro atoms. The molecule has 5 nitrogen and oxygen atoms in total.